The Morgan fingerprint density at radius 3 is 1.43 bits per heavy atom. The van der Waals surface area contributed by atoms with Crippen LogP contribution in [0.4, 0.5) is 0 Å². The van der Waals surface area contributed by atoms with Crippen LogP contribution in [0.15, 0.2) is 54.1 Å². The zero-order valence-corrected chi connectivity index (χ0v) is 31.2. The molecule has 0 amide bonds. The standard InChI is InChI=1S/C21H24O2S.C11H10O3S.C10H14O.CH4/c1-22-17-3-4-18-14(10-17)11-19(24-18)21(23-2)20-15-6-12-5-13(8-15)9-16(20)7-12;1-13-8-3-4-9-7(5-8)6-10(15-9)11(12)14-2;11-10-8-2-6-1-7(4-8)5-9(10)3-6;/h3-4,10-13,15-16H,5-9H2,1-2H3;3-6H,1-2H3;6-9H,1-5H2;1H4. The summed E-state index contributed by atoms with van der Waals surface area (Å²) in [7, 11) is 6.59. The Hall–Kier alpha value is -3.36. The van der Waals surface area contributed by atoms with Crippen LogP contribution in [0.2, 0.25) is 0 Å². The van der Waals surface area contributed by atoms with Gasteiger partial charge in [-0.1, -0.05) is 7.43 Å². The molecule has 0 radical (unpaired) electrons. The fourth-order valence-electron chi connectivity index (χ4n) is 10.7. The smallest absolute Gasteiger partial charge is 0.348 e. The molecule has 0 saturated heterocycles. The van der Waals surface area contributed by atoms with Crippen LogP contribution in [-0.2, 0) is 14.3 Å². The van der Waals surface area contributed by atoms with Gasteiger partial charge >= 0.3 is 5.97 Å². The summed E-state index contributed by atoms with van der Waals surface area (Å²) in [6.45, 7) is 0. The van der Waals surface area contributed by atoms with E-state index in [-0.39, 0.29) is 13.4 Å². The molecule has 8 heteroatoms. The van der Waals surface area contributed by atoms with Gasteiger partial charge in [0, 0.05) is 21.2 Å². The molecule has 2 aromatic carbocycles. The number of Topliss-reactive ketones (excluding diaryl/α,β-unsaturated/α-hetero) is 1. The van der Waals surface area contributed by atoms with Gasteiger partial charge < -0.3 is 18.9 Å². The van der Waals surface area contributed by atoms with Gasteiger partial charge in [-0.2, -0.15) is 0 Å². The van der Waals surface area contributed by atoms with Gasteiger partial charge in [-0.05, 0) is 165 Å². The van der Waals surface area contributed by atoms with Crippen LogP contribution in [0, 0.1) is 47.3 Å². The van der Waals surface area contributed by atoms with Crippen LogP contribution in [-0.4, -0.2) is 40.2 Å². The average Bonchev–Trinajstić information content (AvgIpc) is 3.75. The first-order chi connectivity index (χ1) is 24.3. The number of carbonyl (C=O) groups is 2. The molecule has 8 bridgehead atoms. The van der Waals surface area contributed by atoms with Crippen molar-refractivity contribution in [2.45, 2.75) is 71.6 Å². The van der Waals surface area contributed by atoms with Crippen LogP contribution in [0.5, 0.6) is 11.5 Å². The monoisotopic (exact) mass is 728 g/mol. The third-order valence-electron chi connectivity index (χ3n) is 12.5. The van der Waals surface area contributed by atoms with Gasteiger partial charge in [-0.3, -0.25) is 4.79 Å². The number of ketones is 1. The van der Waals surface area contributed by atoms with E-state index in [1.165, 1.54) is 103 Å². The lowest BCUT2D eigenvalue weighted by molar-refractivity contribution is -0.139. The van der Waals surface area contributed by atoms with E-state index in [1.54, 1.807) is 19.8 Å². The molecule has 4 aromatic rings. The maximum atomic E-state index is 11.6. The average molecular weight is 729 g/mol. The molecule has 8 aliphatic rings. The van der Waals surface area contributed by atoms with Crippen LogP contribution in [0.1, 0.15) is 86.2 Å². The lowest BCUT2D eigenvalue weighted by Gasteiger charge is -2.51. The number of hydrogen-bond acceptors (Lipinski definition) is 8. The molecule has 2 heterocycles. The zero-order chi connectivity index (χ0) is 34.5. The predicted molar refractivity (Wildman–Crippen MR) is 208 cm³/mol. The highest BCUT2D eigenvalue weighted by Gasteiger charge is 2.48. The summed E-state index contributed by atoms with van der Waals surface area (Å²) in [6.07, 6.45) is 13.5. The van der Waals surface area contributed by atoms with Gasteiger partial charge in [-0.15, -0.1) is 22.7 Å². The quantitative estimate of drug-likeness (QED) is 0.150. The molecule has 0 unspecified atom stereocenters. The number of carbonyl (C=O) groups excluding carboxylic acids is 2. The number of hydrogen-bond donors (Lipinski definition) is 0. The molecule has 6 nitrogen and oxygen atoms in total. The van der Waals surface area contributed by atoms with E-state index in [9.17, 15) is 9.59 Å². The number of methoxy groups -OCH3 is 4. The number of fused-ring (bicyclic) bond motifs is 2. The number of ether oxygens (including phenoxy) is 4. The van der Waals surface area contributed by atoms with Crippen molar-refractivity contribution < 1.29 is 28.5 Å². The van der Waals surface area contributed by atoms with Crippen molar-refractivity contribution in [1.82, 2.24) is 0 Å². The second-order valence-electron chi connectivity index (χ2n) is 15.5. The van der Waals surface area contributed by atoms with Crippen molar-refractivity contribution in [3.63, 3.8) is 0 Å². The minimum absolute atomic E-state index is 0. The topological polar surface area (TPSA) is 71.1 Å². The van der Waals surface area contributed by atoms with Gasteiger partial charge in [0.2, 0.25) is 0 Å². The molecule has 51 heavy (non-hydrogen) atoms. The number of esters is 1. The van der Waals surface area contributed by atoms with Crippen molar-refractivity contribution in [2.24, 2.45) is 47.3 Å². The van der Waals surface area contributed by atoms with E-state index < -0.39 is 0 Å². The zero-order valence-electron chi connectivity index (χ0n) is 29.6. The molecule has 0 atom stereocenters. The molecule has 2 aromatic heterocycles. The highest BCUT2D eigenvalue weighted by atomic mass is 32.1. The second kappa shape index (κ2) is 14.9. The number of allylic oxidation sites excluding steroid dienone is 1. The third-order valence-corrected chi connectivity index (χ3v) is 14.7. The minimum atomic E-state index is -0.296. The molecule has 0 N–H and O–H groups in total. The highest BCUT2D eigenvalue weighted by Crippen LogP contribution is 2.58. The number of benzene rings is 2. The molecule has 0 spiro atoms. The van der Waals surface area contributed by atoms with E-state index >= 15 is 0 Å². The Balaban J connectivity index is 0.000000129. The molecule has 8 fully saturated rings. The molecule has 8 aliphatic carbocycles. The van der Waals surface area contributed by atoms with Gasteiger partial charge in [0.05, 0.1) is 33.3 Å². The molecular formula is C43H52O6S2. The highest BCUT2D eigenvalue weighted by molar-refractivity contribution is 7.20. The van der Waals surface area contributed by atoms with Crippen molar-refractivity contribution in [3.8, 4) is 11.5 Å². The van der Waals surface area contributed by atoms with Crippen molar-refractivity contribution in [2.75, 3.05) is 28.4 Å². The van der Waals surface area contributed by atoms with E-state index in [4.69, 9.17) is 14.2 Å². The summed E-state index contributed by atoms with van der Waals surface area (Å²) in [5.41, 5.74) is 1.64. The Morgan fingerprint density at radius 1 is 0.569 bits per heavy atom. The van der Waals surface area contributed by atoms with Crippen molar-refractivity contribution >= 4 is 60.4 Å². The maximum Gasteiger partial charge on any atom is 0.348 e. The Bertz CT molecular complexity index is 1870. The van der Waals surface area contributed by atoms with Crippen LogP contribution in [0.25, 0.3) is 25.9 Å². The summed E-state index contributed by atoms with van der Waals surface area (Å²) >= 11 is 3.27. The first kappa shape index (κ1) is 36.0. The summed E-state index contributed by atoms with van der Waals surface area (Å²) in [5, 5.41) is 2.26. The fraction of sp³-hybridized carbons (Fsp3) is 0.535. The third kappa shape index (κ3) is 7.07. The maximum absolute atomic E-state index is 11.6. The molecule has 8 saturated carbocycles. The van der Waals surface area contributed by atoms with Crippen molar-refractivity contribution in [1.29, 1.82) is 0 Å². The van der Waals surface area contributed by atoms with E-state index in [0.717, 1.165) is 57.1 Å². The normalized spacial score (nSPS) is 29.1. The van der Waals surface area contributed by atoms with Crippen LogP contribution < -0.4 is 9.47 Å². The van der Waals surface area contributed by atoms with Gasteiger partial charge in [0.15, 0.2) is 0 Å². The summed E-state index contributed by atoms with van der Waals surface area (Å²) in [5.74, 6) is 9.64. The first-order valence-corrected chi connectivity index (χ1v) is 20.0. The minimum Gasteiger partial charge on any atom is -0.497 e. The van der Waals surface area contributed by atoms with Crippen LogP contribution >= 0.6 is 22.7 Å². The molecule has 272 valence electrons. The lowest BCUT2D eigenvalue weighted by atomic mass is 9.54. The fourth-order valence-corrected chi connectivity index (χ4v) is 12.7. The molecular weight excluding hydrogens is 677 g/mol. The molecule has 0 aliphatic heterocycles. The second-order valence-corrected chi connectivity index (χ2v) is 17.7. The molecule has 12 rings (SSSR count). The SMILES string of the molecule is C.COC(=C1C2CC3CC(C2)CC1C3)c1cc2cc(OC)ccc2s1.COC(=O)c1cc2cc(OC)ccc2s1.O=C1C2CC3CC(C2)CC1C3. The first-order valence-electron chi connectivity index (χ1n) is 18.4. The van der Waals surface area contributed by atoms with Gasteiger partial charge in [0.25, 0.3) is 0 Å². The Kier molecular flexibility index (Phi) is 10.6. The van der Waals surface area contributed by atoms with Crippen molar-refractivity contribution in [3.05, 3.63) is 63.9 Å². The van der Waals surface area contributed by atoms with E-state index in [1.807, 2.05) is 48.8 Å². The van der Waals surface area contributed by atoms with Gasteiger partial charge in [-0.25, -0.2) is 4.79 Å². The Morgan fingerprint density at radius 2 is 1.00 bits per heavy atom. The summed E-state index contributed by atoms with van der Waals surface area (Å²) < 4.78 is 23.5. The largest absolute Gasteiger partial charge is 0.497 e. The van der Waals surface area contributed by atoms with Gasteiger partial charge in [0.1, 0.15) is 27.9 Å². The number of rotatable bonds is 5. The lowest BCUT2D eigenvalue weighted by Crippen LogP contribution is -2.45. The summed E-state index contributed by atoms with van der Waals surface area (Å²) in [4.78, 5) is 24.8. The Labute approximate surface area is 310 Å². The van der Waals surface area contributed by atoms with E-state index in [2.05, 4.69) is 22.9 Å². The summed E-state index contributed by atoms with van der Waals surface area (Å²) in [6, 6.07) is 16.2. The number of thiophene rings is 2. The predicted octanol–water partition coefficient (Wildman–Crippen LogP) is 11.1. The van der Waals surface area contributed by atoms with Crippen LogP contribution in [0.3, 0.4) is 0 Å². The van der Waals surface area contributed by atoms with E-state index in [0.29, 0.717) is 22.5 Å².